The molecule has 0 aliphatic rings. The average molecular weight is 245 g/mol. The number of nitrogens with zero attached hydrogens (tertiary/aromatic N) is 3. The van der Waals surface area contributed by atoms with Crippen LogP contribution in [0, 0.1) is 6.92 Å². The minimum Gasteiger partial charge on any atom is -0.394 e. The Morgan fingerprint density at radius 3 is 2.89 bits per heavy atom. The molecule has 2 rings (SSSR count). The summed E-state index contributed by atoms with van der Waals surface area (Å²) in [6.45, 7) is 5.56. The summed E-state index contributed by atoms with van der Waals surface area (Å²) in [6.07, 6.45) is 2.81. The van der Waals surface area contributed by atoms with Crippen LogP contribution in [0.3, 0.4) is 0 Å². The summed E-state index contributed by atoms with van der Waals surface area (Å²) in [5, 5.41) is 7.74. The number of nitrogens with one attached hydrogen (secondary N) is 1. The lowest BCUT2D eigenvalue weighted by Crippen LogP contribution is -2.09. The first-order chi connectivity index (χ1) is 8.72. The first-order valence-corrected chi connectivity index (χ1v) is 6.19. The Kier molecular flexibility index (Phi) is 3.82. The van der Waals surface area contributed by atoms with Crippen LogP contribution in [-0.4, -0.2) is 14.8 Å². The topological polar surface area (TPSA) is 68.8 Å². The van der Waals surface area contributed by atoms with Crippen molar-refractivity contribution in [2.75, 3.05) is 11.1 Å². The molecule has 0 aliphatic heterocycles. The molecule has 0 atom stereocenters. The van der Waals surface area contributed by atoms with Gasteiger partial charge in [0.25, 0.3) is 0 Å². The molecule has 0 bridgehead atoms. The Labute approximate surface area is 107 Å². The van der Waals surface area contributed by atoms with Crippen molar-refractivity contribution in [3.8, 4) is 0 Å². The van der Waals surface area contributed by atoms with Crippen molar-refractivity contribution in [1.82, 2.24) is 14.8 Å². The molecule has 5 nitrogen and oxygen atoms in total. The van der Waals surface area contributed by atoms with Crippen LogP contribution in [0.15, 0.2) is 24.4 Å². The molecule has 0 spiro atoms. The number of nitrogens with two attached hydrogens (primary N) is 1. The van der Waals surface area contributed by atoms with Crippen LogP contribution in [0.5, 0.6) is 0 Å². The van der Waals surface area contributed by atoms with Gasteiger partial charge in [-0.1, -0.05) is 13.0 Å². The van der Waals surface area contributed by atoms with E-state index in [0.717, 1.165) is 35.9 Å². The van der Waals surface area contributed by atoms with Gasteiger partial charge in [0.15, 0.2) is 0 Å². The molecule has 2 heterocycles. The molecule has 0 aromatic carbocycles. The van der Waals surface area contributed by atoms with E-state index in [0.29, 0.717) is 6.54 Å². The predicted octanol–water partition coefficient (Wildman–Crippen LogP) is 2.19. The number of nitrogen functional groups attached to an aromatic ring is 1. The van der Waals surface area contributed by atoms with Gasteiger partial charge in [0.05, 0.1) is 23.6 Å². The second-order valence-corrected chi connectivity index (χ2v) is 4.25. The number of anilines is 2. The Morgan fingerprint density at radius 2 is 2.22 bits per heavy atom. The number of hydrogen-bond acceptors (Lipinski definition) is 4. The molecule has 5 heteroatoms. The molecule has 96 valence electrons. The van der Waals surface area contributed by atoms with Gasteiger partial charge >= 0.3 is 0 Å². The quantitative estimate of drug-likeness (QED) is 0.847. The fraction of sp³-hybridized carbons (Fsp3) is 0.385. The molecule has 0 fully saturated rings. The molecule has 0 radical (unpaired) electrons. The van der Waals surface area contributed by atoms with Crippen LogP contribution in [0.4, 0.5) is 11.5 Å². The Hall–Kier alpha value is -2.04. The van der Waals surface area contributed by atoms with Gasteiger partial charge in [-0.15, -0.1) is 0 Å². The minimum atomic E-state index is 0.653. The Bertz CT molecular complexity index is 504. The van der Waals surface area contributed by atoms with E-state index in [2.05, 4.69) is 22.3 Å². The van der Waals surface area contributed by atoms with Gasteiger partial charge < -0.3 is 11.1 Å². The van der Waals surface area contributed by atoms with E-state index in [-0.39, 0.29) is 0 Å². The third-order valence-electron chi connectivity index (χ3n) is 2.77. The molecule has 0 aliphatic carbocycles. The molecule has 3 N–H and O–H groups in total. The molecule has 0 unspecified atom stereocenters. The zero-order valence-electron chi connectivity index (χ0n) is 10.8. The lowest BCUT2D eigenvalue weighted by Gasteiger charge is -2.09. The first kappa shape index (κ1) is 12.4. The van der Waals surface area contributed by atoms with Crippen LogP contribution >= 0.6 is 0 Å². The van der Waals surface area contributed by atoms with Crippen molar-refractivity contribution >= 4 is 11.5 Å². The SMILES string of the molecule is CCCn1nc(C)c(N)c1NCc1ccccn1. The molecule has 2 aromatic heterocycles. The smallest absolute Gasteiger partial charge is 0.148 e. The molecule has 0 amide bonds. The fourth-order valence-corrected chi connectivity index (χ4v) is 1.83. The second kappa shape index (κ2) is 5.53. The monoisotopic (exact) mass is 245 g/mol. The van der Waals surface area contributed by atoms with Crippen molar-refractivity contribution in [3.05, 3.63) is 35.8 Å². The number of pyridine rings is 1. The molecule has 2 aromatic rings. The van der Waals surface area contributed by atoms with Crippen molar-refractivity contribution < 1.29 is 0 Å². The van der Waals surface area contributed by atoms with Crippen molar-refractivity contribution in [1.29, 1.82) is 0 Å². The van der Waals surface area contributed by atoms with Gasteiger partial charge in [-0.05, 0) is 25.5 Å². The van der Waals surface area contributed by atoms with Crippen molar-refractivity contribution in [3.63, 3.8) is 0 Å². The van der Waals surface area contributed by atoms with Gasteiger partial charge in [0.1, 0.15) is 5.82 Å². The molecular formula is C13H19N5. The van der Waals surface area contributed by atoms with Crippen LogP contribution in [-0.2, 0) is 13.1 Å². The summed E-state index contributed by atoms with van der Waals surface area (Å²) in [4.78, 5) is 4.27. The number of aromatic nitrogens is 3. The molecule has 0 saturated heterocycles. The number of aryl methyl sites for hydroxylation is 2. The maximum Gasteiger partial charge on any atom is 0.148 e. The third kappa shape index (κ3) is 2.61. The predicted molar refractivity (Wildman–Crippen MR) is 73.2 cm³/mol. The van der Waals surface area contributed by atoms with E-state index in [1.54, 1.807) is 6.20 Å². The van der Waals surface area contributed by atoms with Gasteiger partial charge in [-0.2, -0.15) is 5.10 Å². The Balaban J connectivity index is 2.13. The van der Waals surface area contributed by atoms with Crippen LogP contribution in [0.25, 0.3) is 0 Å². The highest BCUT2D eigenvalue weighted by Gasteiger charge is 2.11. The second-order valence-electron chi connectivity index (χ2n) is 4.25. The summed E-state index contributed by atoms with van der Waals surface area (Å²) >= 11 is 0. The molecule has 18 heavy (non-hydrogen) atoms. The zero-order chi connectivity index (χ0) is 13.0. The lowest BCUT2D eigenvalue weighted by molar-refractivity contribution is 0.602. The highest BCUT2D eigenvalue weighted by Crippen LogP contribution is 2.22. The maximum atomic E-state index is 6.03. The average Bonchev–Trinajstić information content (AvgIpc) is 2.65. The maximum absolute atomic E-state index is 6.03. The normalized spacial score (nSPS) is 10.6. The highest BCUT2D eigenvalue weighted by atomic mass is 15.3. The van der Waals surface area contributed by atoms with E-state index >= 15 is 0 Å². The third-order valence-corrected chi connectivity index (χ3v) is 2.77. The van der Waals surface area contributed by atoms with Crippen LogP contribution in [0.2, 0.25) is 0 Å². The van der Waals surface area contributed by atoms with E-state index in [9.17, 15) is 0 Å². The van der Waals surface area contributed by atoms with E-state index in [4.69, 9.17) is 5.73 Å². The largest absolute Gasteiger partial charge is 0.394 e. The number of rotatable bonds is 5. The van der Waals surface area contributed by atoms with E-state index in [1.165, 1.54) is 0 Å². The molecular weight excluding hydrogens is 226 g/mol. The van der Waals surface area contributed by atoms with Crippen LogP contribution in [0.1, 0.15) is 24.7 Å². The van der Waals surface area contributed by atoms with Crippen molar-refractivity contribution in [2.45, 2.75) is 33.4 Å². The van der Waals surface area contributed by atoms with Crippen LogP contribution < -0.4 is 11.1 Å². The Morgan fingerprint density at radius 1 is 1.39 bits per heavy atom. The van der Waals surface area contributed by atoms with E-state index in [1.807, 2.05) is 29.8 Å². The van der Waals surface area contributed by atoms with Gasteiger partial charge in [-0.3, -0.25) is 4.98 Å². The standard InChI is InChI=1S/C13H19N5/c1-3-8-18-13(12(14)10(2)17-18)16-9-11-6-4-5-7-15-11/h4-7,16H,3,8-9,14H2,1-2H3. The summed E-state index contributed by atoms with van der Waals surface area (Å²) in [7, 11) is 0. The fourth-order valence-electron chi connectivity index (χ4n) is 1.83. The van der Waals surface area contributed by atoms with Gasteiger partial charge in [0.2, 0.25) is 0 Å². The zero-order valence-corrected chi connectivity index (χ0v) is 10.8. The van der Waals surface area contributed by atoms with Crippen molar-refractivity contribution in [2.24, 2.45) is 0 Å². The molecule has 0 saturated carbocycles. The van der Waals surface area contributed by atoms with E-state index < -0.39 is 0 Å². The highest BCUT2D eigenvalue weighted by molar-refractivity contribution is 5.64. The lowest BCUT2D eigenvalue weighted by atomic mass is 10.3. The first-order valence-electron chi connectivity index (χ1n) is 6.19. The summed E-state index contributed by atoms with van der Waals surface area (Å²) < 4.78 is 1.92. The summed E-state index contributed by atoms with van der Waals surface area (Å²) in [6, 6.07) is 5.86. The van der Waals surface area contributed by atoms with Gasteiger partial charge in [-0.25, -0.2) is 4.68 Å². The number of hydrogen-bond donors (Lipinski definition) is 2. The van der Waals surface area contributed by atoms with Gasteiger partial charge in [0, 0.05) is 12.7 Å². The summed E-state index contributed by atoms with van der Waals surface area (Å²) in [5.41, 5.74) is 8.61. The minimum absolute atomic E-state index is 0.653. The summed E-state index contributed by atoms with van der Waals surface area (Å²) in [5.74, 6) is 0.889.